The molecule has 1 heterocycles. The lowest BCUT2D eigenvalue weighted by molar-refractivity contribution is 0.186. The fraction of sp³-hybridized carbons (Fsp3) is 0.533. The number of sulfone groups is 1. The lowest BCUT2D eigenvalue weighted by Crippen LogP contribution is -2.40. The van der Waals surface area contributed by atoms with Crippen LogP contribution in [-0.4, -0.2) is 43.5 Å². The molecule has 0 bridgehead atoms. The molecule has 1 saturated heterocycles. The van der Waals surface area contributed by atoms with E-state index in [1.165, 1.54) is 6.07 Å². The second kappa shape index (κ2) is 5.77. The Morgan fingerprint density at radius 1 is 1.43 bits per heavy atom. The smallest absolute Gasteiger partial charge is 0.179 e. The molecule has 0 amide bonds. The number of nitrogens with zero attached hydrogens (tertiary/aromatic N) is 1. The zero-order valence-electron chi connectivity index (χ0n) is 12.6. The van der Waals surface area contributed by atoms with Crippen molar-refractivity contribution in [2.75, 3.05) is 18.8 Å². The number of nitrogen functional groups attached to an aromatic ring is 1. The van der Waals surface area contributed by atoms with Gasteiger partial charge in [-0.2, -0.15) is 0 Å². The molecule has 116 valence electrons. The van der Waals surface area contributed by atoms with Crippen molar-refractivity contribution in [2.45, 2.75) is 37.1 Å². The van der Waals surface area contributed by atoms with Crippen LogP contribution in [0, 0.1) is 5.41 Å². The minimum absolute atomic E-state index is 0.0801. The van der Waals surface area contributed by atoms with E-state index in [0.717, 1.165) is 19.4 Å². The quantitative estimate of drug-likeness (QED) is 0.639. The van der Waals surface area contributed by atoms with Crippen molar-refractivity contribution in [1.29, 1.82) is 5.41 Å². The van der Waals surface area contributed by atoms with Crippen LogP contribution in [0.15, 0.2) is 29.2 Å². The zero-order valence-corrected chi connectivity index (χ0v) is 13.4. The molecule has 5 nitrogen and oxygen atoms in total. The van der Waals surface area contributed by atoms with Gasteiger partial charge in [0.05, 0.1) is 10.6 Å². The predicted molar refractivity (Wildman–Crippen MR) is 84.4 cm³/mol. The normalized spacial score (nSPS) is 18.8. The summed E-state index contributed by atoms with van der Waals surface area (Å²) in [6.45, 7) is 5.81. The molecule has 2 rings (SSSR count). The monoisotopic (exact) mass is 309 g/mol. The van der Waals surface area contributed by atoms with E-state index in [-0.39, 0.29) is 22.0 Å². The Bertz CT molecular complexity index is 638. The van der Waals surface area contributed by atoms with Gasteiger partial charge in [-0.1, -0.05) is 12.1 Å². The molecule has 1 aromatic rings. The van der Waals surface area contributed by atoms with E-state index < -0.39 is 9.84 Å². The van der Waals surface area contributed by atoms with Crippen molar-refractivity contribution in [2.24, 2.45) is 5.73 Å². The van der Waals surface area contributed by atoms with Crippen molar-refractivity contribution < 1.29 is 8.42 Å². The van der Waals surface area contributed by atoms with E-state index in [4.69, 9.17) is 11.1 Å². The number of amidine groups is 1. The SMILES string of the molecule is CC1(C)CCCN1CCS(=O)(=O)c1cccc(C(=N)N)c1. The number of nitrogens with one attached hydrogen (secondary N) is 1. The molecule has 0 aromatic heterocycles. The van der Waals surface area contributed by atoms with Crippen molar-refractivity contribution in [3.05, 3.63) is 29.8 Å². The lowest BCUT2D eigenvalue weighted by Gasteiger charge is -2.31. The molecule has 3 N–H and O–H groups in total. The summed E-state index contributed by atoms with van der Waals surface area (Å²) in [6.07, 6.45) is 2.22. The fourth-order valence-electron chi connectivity index (χ4n) is 2.78. The number of hydrogen-bond acceptors (Lipinski definition) is 4. The van der Waals surface area contributed by atoms with E-state index >= 15 is 0 Å². The second-order valence-electron chi connectivity index (χ2n) is 6.16. The molecule has 6 heteroatoms. The third-order valence-corrected chi connectivity index (χ3v) is 5.90. The van der Waals surface area contributed by atoms with Gasteiger partial charge in [-0.15, -0.1) is 0 Å². The molecule has 0 spiro atoms. The van der Waals surface area contributed by atoms with Gasteiger partial charge in [-0.3, -0.25) is 10.3 Å². The highest BCUT2D eigenvalue weighted by Gasteiger charge is 2.32. The number of benzene rings is 1. The van der Waals surface area contributed by atoms with Gasteiger partial charge in [0.2, 0.25) is 0 Å². The van der Waals surface area contributed by atoms with Crippen LogP contribution in [0.5, 0.6) is 0 Å². The van der Waals surface area contributed by atoms with Crippen LogP contribution in [0.1, 0.15) is 32.3 Å². The highest BCUT2D eigenvalue weighted by molar-refractivity contribution is 7.91. The van der Waals surface area contributed by atoms with Crippen LogP contribution in [-0.2, 0) is 9.84 Å². The summed E-state index contributed by atoms with van der Waals surface area (Å²) in [4.78, 5) is 2.48. The van der Waals surface area contributed by atoms with Gasteiger partial charge in [-0.05, 0) is 45.4 Å². The molecule has 0 saturated carbocycles. The first-order chi connectivity index (χ1) is 9.72. The summed E-state index contributed by atoms with van der Waals surface area (Å²) in [5.41, 5.74) is 5.94. The van der Waals surface area contributed by atoms with E-state index in [0.29, 0.717) is 12.1 Å². The molecule has 0 radical (unpaired) electrons. The van der Waals surface area contributed by atoms with Crippen LogP contribution < -0.4 is 5.73 Å². The second-order valence-corrected chi connectivity index (χ2v) is 8.27. The molecule has 0 aliphatic carbocycles. The van der Waals surface area contributed by atoms with E-state index in [9.17, 15) is 8.42 Å². The van der Waals surface area contributed by atoms with Crippen LogP contribution in [0.3, 0.4) is 0 Å². The van der Waals surface area contributed by atoms with Gasteiger partial charge in [0.15, 0.2) is 9.84 Å². The molecule has 21 heavy (non-hydrogen) atoms. The average molecular weight is 309 g/mol. The number of rotatable bonds is 5. The molecular weight excluding hydrogens is 286 g/mol. The number of nitrogens with two attached hydrogens (primary N) is 1. The van der Waals surface area contributed by atoms with Gasteiger partial charge < -0.3 is 5.73 Å². The van der Waals surface area contributed by atoms with Crippen molar-refractivity contribution >= 4 is 15.7 Å². The third-order valence-electron chi connectivity index (χ3n) is 4.21. The van der Waals surface area contributed by atoms with Crippen LogP contribution in [0.25, 0.3) is 0 Å². The summed E-state index contributed by atoms with van der Waals surface area (Å²) in [5.74, 6) is -0.0228. The Morgan fingerprint density at radius 2 is 2.14 bits per heavy atom. The molecule has 1 aliphatic rings. The Hall–Kier alpha value is -1.40. The van der Waals surface area contributed by atoms with Crippen LogP contribution in [0.4, 0.5) is 0 Å². The summed E-state index contributed by atoms with van der Waals surface area (Å²) < 4.78 is 24.9. The minimum atomic E-state index is -3.35. The first-order valence-electron chi connectivity index (χ1n) is 7.15. The van der Waals surface area contributed by atoms with E-state index in [1.54, 1.807) is 18.2 Å². The molecule has 1 fully saturated rings. The highest BCUT2D eigenvalue weighted by atomic mass is 32.2. The number of likely N-dealkylation sites (tertiary alicyclic amines) is 1. The molecule has 0 unspecified atom stereocenters. The van der Waals surface area contributed by atoms with Gasteiger partial charge >= 0.3 is 0 Å². The average Bonchev–Trinajstić information content (AvgIpc) is 2.75. The maximum atomic E-state index is 12.4. The Morgan fingerprint density at radius 3 is 2.71 bits per heavy atom. The predicted octanol–water partition coefficient (Wildman–Crippen LogP) is 1.62. The zero-order chi connectivity index (χ0) is 15.7. The fourth-order valence-corrected chi connectivity index (χ4v) is 4.07. The van der Waals surface area contributed by atoms with Crippen molar-refractivity contribution in [3.63, 3.8) is 0 Å². The van der Waals surface area contributed by atoms with Crippen molar-refractivity contribution in [1.82, 2.24) is 4.90 Å². The maximum absolute atomic E-state index is 12.4. The van der Waals surface area contributed by atoms with Crippen LogP contribution >= 0.6 is 0 Å². The lowest BCUT2D eigenvalue weighted by atomic mass is 10.0. The first-order valence-corrected chi connectivity index (χ1v) is 8.80. The Labute approximate surface area is 126 Å². The number of hydrogen-bond donors (Lipinski definition) is 2. The molecular formula is C15H23N3O2S. The Balaban J connectivity index is 2.12. The van der Waals surface area contributed by atoms with Crippen molar-refractivity contribution in [3.8, 4) is 0 Å². The molecule has 1 aliphatic heterocycles. The van der Waals surface area contributed by atoms with Gasteiger partial charge in [0.1, 0.15) is 5.84 Å². The third kappa shape index (κ3) is 3.63. The molecule has 0 atom stereocenters. The Kier molecular flexibility index (Phi) is 4.39. The van der Waals surface area contributed by atoms with E-state index in [2.05, 4.69) is 18.7 Å². The minimum Gasteiger partial charge on any atom is -0.384 e. The topological polar surface area (TPSA) is 87.2 Å². The largest absolute Gasteiger partial charge is 0.384 e. The summed E-state index contributed by atoms with van der Waals surface area (Å²) >= 11 is 0. The summed E-state index contributed by atoms with van der Waals surface area (Å²) in [7, 11) is -3.35. The highest BCUT2D eigenvalue weighted by Crippen LogP contribution is 2.28. The van der Waals surface area contributed by atoms with Gasteiger partial charge in [-0.25, -0.2) is 8.42 Å². The summed E-state index contributed by atoms with van der Waals surface area (Å²) in [5, 5.41) is 7.40. The maximum Gasteiger partial charge on any atom is 0.179 e. The molecule has 1 aromatic carbocycles. The standard InChI is InChI=1S/C15H23N3O2S/c1-15(2)7-4-8-18(15)9-10-21(19,20)13-6-3-5-12(11-13)14(16)17/h3,5-6,11H,4,7-10H2,1-2H3,(H3,16,17). The summed E-state index contributed by atoms with van der Waals surface area (Å²) in [6, 6.07) is 6.32. The first kappa shape index (κ1) is 16.0. The van der Waals surface area contributed by atoms with E-state index in [1.807, 2.05) is 0 Å². The van der Waals surface area contributed by atoms with Gasteiger partial charge in [0.25, 0.3) is 0 Å². The van der Waals surface area contributed by atoms with Gasteiger partial charge in [0, 0.05) is 17.6 Å². The van der Waals surface area contributed by atoms with Crippen LogP contribution in [0.2, 0.25) is 0 Å².